The molecule has 1 fully saturated rings. The minimum Gasteiger partial charge on any atom is -0.393 e. The Bertz CT molecular complexity index is 369. The molecule has 0 radical (unpaired) electrons. The summed E-state index contributed by atoms with van der Waals surface area (Å²) in [5.74, 6) is 1.30. The summed E-state index contributed by atoms with van der Waals surface area (Å²) in [4.78, 5) is 10.5. The van der Waals surface area contributed by atoms with Gasteiger partial charge in [-0.1, -0.05) is 0 Å². The summed E-state index contributed by atoms with van der Waals surface area (Å²) in [5.41, 5.74) is 0.887. The average molecular weight is 256 g/mol. The molecule has 1 saturated heterocycles. The normalized spacial score (nSPS) is 19.4. The van der Waals surface area contributed by atoms with Crippen LogP contribution in [0, 0.1) is 12.8 Å². The zero-order chi connectivity index (χ0) is 12.4. The fourth-order valence-electron chi connectivity index (χ4n) is 2.29. The number of aliphatic hydroxyl groups is 1. The highest BCUT2D eigenvalue weighted by Gasteiger charge is 2.23. The number of hydrogen-bond donors (Lipinski definition) is 1. The quantitative estimate of drug-likeness (QED) is 0.822. The Hall–Kier alpha value is -0.870. The lowest BCUT2D eigenvalue weighted by atomic mass is 9.92. The largest absolute Gasteiger partial charge is 0.393 e. The maximum absolute atomic E-state index is 9.56. The number of aromatic nitrogens is 2. The second-order valence-electron chi connectivity index (χ2n) is 4.70. The number of rotatable bonds is 2. The zero-order valence-corrected chi connectivity index (χ0v) is 11.0. The summed E-state index contributed by atoms with van der Waals surface area (Å²) in [6, 6.07) is 1.95. The highest BCUT2D eigenvalue weighted by Crippen LogP contribution is 2.24. The monoisotopic (exact) mass is 255 g/mol. The predicted octanol–water partition coefficient (Wildman–Crippen LogP) is 2.04. The van der Waals surface area contributed by atoms with Gasteiger partial charge in [0.25, 0.3) is 0 Å². The van der Waals surface area contributed by atoms with Gasteiger partial charge in [-0.15, -0.1) is 0 Å². The van der Waals surface area contributed by atoms with Gasteiger partial charge in [0.05, 0.1) is 6.10 Å². The molecule has 1 aromatic rings. The number of anilines is 1. The van der Waals surface area contributed by atoms with Crippen LogP contribution in [0.2, 0.25) is 5.28 Å². The van der Waals surface area contributed by atoms with Crippen LogP contribution in [0.15, 0.2) is 6.07 Å². The molecule has 0 aromatic carbocycles. The molecule has 4 nitrogen and oxygen atoms in total. The first-order valence-corrected chi connectivity index (χ1v) is 6.38. The Balaban J connectivity index is 2.05. The number of hydrogen-bond acceptors (Lipinski definition) is 4. The second kappa shape index (κ2) is 5.19. The van der Waals surface area contributed by atoms with Crippen molar-refractivity contribution in [1.29, 1.82) is 0 Å². The van der Waals surface area contributed by atoms with Gasteiger partial charge in [0.15, 0.2) is 0 Å². The summed E-state index contributed by atoms with van der Waals surface area (Å²) in [7, 11) is 0. The molecule has 1 aliphatic heterocycles. The van der Waals surface area contributed by atoms with Gasteiger partial charge in [0.1, 0.15) is 5.82 Å². The molecule has 0 amide bonds. The maximum atomic E-state index is 9.56. The van der Waals surface area contributed by atoms with Crippen molar-refractivity contribution < 1.29 is 5.11 Å². The molecular formula is C12H18ClN3O. The third-order valence-corrected chi connectivity index (χ3v) is 3.53. The van der Waals surface area contributed by atoms with Crippen molar-refractivity contribution in [2.24, 2.45) is 5.92 Å². The van der Waals surface area contributed by atoms with E-state index in [0.29, 0.717) is 11.2 Å². The van der Waals surface area contributed by atoms with E-state index in [4.69, 9.17) is 11.6 Å². The molecule has 1 unspecified atom stereocenters. The van der Waals surface area contributed by atoms with E-state index in [1.165, 1.54) is 0 Å². The van der Waals surface area contributed by atoms with Gasteiger partial charge in [0.2, 0.25) is 5.28 Å². The standard InChI is InChI=1S/C12H18ClN3O/c1-8-7-11(15-12(13)14-8)16-5-3-10(4-6-16)9(2)17/h7,9-10,17H,3-6H2,1-2H3. The van der Waals surface area contributed by atoms with Crippen molar-refractivity contribution in [3.8, 4) is 0 Å². The van der Waals surface area contributed by atoms with Crippen molar-refractivity contribution >= 4 is 17.4 Å². The lowest BCUT2D eigenvalue weighted by Gasteiger charge is -2.34. The predicted molar refractivity (Wildman–Crippen MR) is 68.4 cm³/mol. The van der Waals surface area contributed by atoms with E-state index in [1.807, 2.05) is 19.9 Å². The van der Waals surface area contributed by atoms with Crippen molar-refractivity contribution in [2.45, 2.75) is 32.8 Å². The Kier molecular flexibility index (Phi) is 3.84. The Labute approximate surface area is 107 Å². The van der Waals surface area contributed by atoms with Gasteiger partial charge < -0.3 is 10.0 Å². The van der Waals surface area contributed by atoms with Crippen molar-refractivity contribution in [1.82, 2.24) is 9.97 Å². The lowest BCUT2D eigenvalue weighted by molar-refractivity contribution is 0.110. The van der Waals surface area contributed by atoms with E-state index in [1.54, 1.807) is 0 Å². The topological polar surface area (TPSA) is 49.2 Å². The molecule has 1 N–H and O–H groups in total. The van der Waals surface area contributed by atoms with Crippen LogP contribution in [0.3, 0.4) is 0 Å². The molecule has 2 heterocycles. The Morgan fingerprint density at radius 2 is 2.06 bits per heavy atom. The molecule has 0 aliphatic carbocycles. The zero-order valence-electron chi connectivity index (χ0n) is 10.2. The molecule has 5 heteroatoms. The van der Waals surface area contributed by atoms with E-state index in [9.17, 15) is 5.11 Å². The SMILES string of the molecule is Cc1cc(N2CCC(C(C)O)CC2)nc(Cl)n1. The van der Waals surface area contributed by atoms with Crippen LogP contribution >= 0.6 is 11.6 Å². The molecule has 17 heavy (non-hydrogen) atoms. The second-order valence-corrected chi connectivity index (χ2v) is 5.04. The van der Waals surface area contributed by atoms with Crippen LogP contribution in [0.4, 0.5) is 5.82 Å². The number of aryl methyl sites for hydroxylation is 1. The molecular weight excluding hydrogens is 238 g/mol. The molecule has 0 saturated carbocycles. The first-order valence-electron chi connectivity index (χ1n) is 6.00. The van der Waals surface area contributed by atoms with E-state index < -0.39 is 0 Å². The fourth-order valence-corrected chi connectivity index (χ4v) is 2.51. The smallest absolute Gasteiger partial charge is 0.224 e. The summed E-state index contributed by atoms with van der Waals surface area (Å²) < 4.78 is 0. The van der Waals surface area contributed by atoms with E-state index >= 15 is 0 Å². The van der Waals surface area contributed by atoms with Gasteiger partial charge in [0, 0.05) is 24.8 Å². The van der Waals surface area contributed by atoms with E-state index in [2.05, 4.69) is 14.9 Å². The minimum absolute atomic E-state index is 0.215. The summed E-state index contributed by atoms with van der Waals surface area (Å²) in [5, 5.41) is 9.86. The van der Waals surface area contributed by atoms with Crippen LogP contribution in [-0.2, 0) is 0 Å². The van der Waals surface area contributed by atoms with Gasteiger partial charge in [-0.3, -0.25) is 0 Å². The first-order chi connectivity index (χ1) is 8.06. The van der Waals surface area contributed by atoms with Crippen molar-refractivity contribution in [2.75, 3.05) is 18.0 Å². The first kappa shape index (κ1) is 12.6. The highest BCUT2D eigenvalue weighted by atomic mass is 35.5. The van der Waals surface area contributed by atoms with E-state index in [-0.39, 0.29) is 6.10 Å². The van der Waals surface area contributed by atoms with Crippen LogP contribution in [0.1, 0.15) is 25.5 Å². The molecule has 94 valence electrons. The number of piperidine rings is 1. The molecule has 0 bridgehead atoms. The van der Waals surface area contributed by atoms with Gasteiger partial charge in [-0.05, 0) is 44.2 Å². The van der Waals surface area contributed by atoms with Crippen LogP contribution in [0.5, 0.6) is 0 Å². The average Bonchev–Trinajstić information content (AvgIpc) is 2.28. The third-order valence-electron chi connectivity index (χ3n) is 3.36. The number of halogens is 1. The molecule has 1 aromatic heterocycles. The van der Waals surface area contributed by atoms with Crippen molar-refractivity contribution in [3.63, 3.8) is 0 Å². The molecule has 2 rings (SSSR count). The summed E-state index contributed by atoms with van der Waals surface area (Å²) >= 11 is 5.86. The van der Waals surface area contributed by atoms with E-state index in [0.717, 1.165) is 37.4 Å². The highest BCUT2D eigenvalue weighted by molar-refractivity contribution is 6.28. The lowest BCUT2D eigenvalue weighted by Crippen LogP contribution is -2.37. The van der Waals surface area contributed by atoms with Crippen LogP contribution in [0.25, 0.3) is 0 Å². The third kappa shape index (κ3) is 3.07. The molecule has 0 spiro atoms. The van der Waals surface area contributed by atoms with Crippen LogP contribution < -0.4 is 4.90 Å². The van der Waals surface area contributed by atoms with Crippen LogP contribution in [-0.4, -0.2) is 34.3 Å². The van der Waals surface area contributed by atoms with Crippen molar-refractivity contribution in [3.05, 3.63) is 17.0 Å². The molecule has 1 aliphatic rings. The number of nitrogens with zero attached hydrogens (tertiary/aromatic N) is 3. The van der Waals surface area contributed by atoms with Gasteiger partial charge >= 0.3 is 0 Å². The maximum Gasteiger partial charge on any atom is 0.224 e. The Morgan fingerprint density at radius 1 is 1.41 bits per heavy atom. The van der Waals surface area contributed by atoms with Gasteiger partial charge in [-0.25, -0.2) is 9.97 Å². The van der Waals surface area contributed by atoms with Gasteiger partial charge in [-0.2, -0.15) is 0 Å². The summed E-state index contributed by atoms with van der Waals surface area (Å²) in [6.45, 7) is 5.62. The number of aliphatic hydroxyl groups excluding tert-OH is 1. The molecule has 1 atom stereocenters. The summed E-state index contributed by atoms with van der Waals surface area (Å²) in [6.07, 6.45) is 1.78. The minimum atomic E-state index is -0.215. The fraction of sp³-hybridized carbons (Fsp3) is 0.667. The Morgan fingerprint density at radius 3 is 2.59 bits per heavy atom.